The maximum Gasteiger partial charge on any atom is 0.179 e. The molecular formula is C10H14NO2+. The first-order valence-electron chi connectivity index (χ1n) is 4.27. The van der Waals surface area contributed by atoms with Gasteiger partial charge in [0.05, 0.1) is 5.56 Å². The highest BCUT2D eigenvalue weighted by atomic mass is 16.3. The van der Waals surface area contributed by atoms with E-state index in [1.165, 1.54) is 6.92 Å². The van der Waals surface area contributed by atoms with Crippen LogP contribution in [0, 0.1) is 6.92 Å². The van der Waals surface area contributed by atoms with E-state index in [4.69, 9.17) is 5.11 Å². The summed E-state index contributed by atoms with van der Waals surface area (Å²) in [5, 5.41) is 8.77. The molecule has 0 aliphatic heterocycles. The lowest BCUT2D eigenvalue weighted by Gasteiger charge is -1.99. The van der Waals surface area contributed by atoms with E-state index < -0.39 is 0 Å². The van der Waals surface area contributed by atoms with Crippen molar-refractivity contribution in [2.45, 2.75) is 20.4 Å². The Morgan fingerprint density at radius 1 is 1.54 bits per heavy atom. The second kappa shape index (κ2) is 4.14. The molecule has 0 fully saturated rings. The Bertz CT molecular complexity index is 321. The Labute approximate surface area is 77.6 Å². The second-order valence-electron chi connectivity index (χ2n) is 3.03. The number of rotatable bonds is 3. The quantitative estimate of drug-likeness (QED) is 0.543. The minimum atomic E-state index is 0.0479. The van der Waals surface area contributed by atoms with Crippen LogP contribution < -0.4 is 4.57 Å². The van der Waals surface area contributed by atoms with Gasteiger partial charge in [0.25, 0.3) is 0 Å². The molecule has 0 bridgehead atoms. The predicted octanol–water partition coefficient (Wildman–Crippen LogP) is 0.477. The van der Waals surface area contributed by atoms with E-state index in [0.717, 1.165) is 5.69 Å². The second-order valence-corrected chi connectivity index (χ2v) is 3.03. The van der Waals surface area contributed by atoms with Gasteiger partial charge in [-0.15, -0.1) is 0 Å². The van der Waals surface area contributed by atoms with Gasteiger partial charge in [-0.3, -0.25) is 4.79 Å². The van der Waals surface area contributed by atoms with Gasteiger partial charge in [0.2, 0.25) is 0 Å². The first kappa shape index (κ1) is 9.86. The number of hydrogen-bond acceptors (Lipinski definition) is 2. The number of nitrogens with zero attached hydrogens (tertiary/aromatic N) is 1. The van der Waals surface area contributed by atoms with Crippen molar-refractivity contribution >= 4 is 5.78 Å². The molecule has 0 spiro atoms. The van der Waals surface area contributed by atoms with Crippen LogP contribution >= 0.6 is 0 Å². The fraction of sp³-hybridized carbons (Fsp3) is 0.400. The number of aromatic nitrogens is 1. The fourth-order valence-electron chi connectivity index (χ4n) is 1.18. The summed E-state index contributed by atoms with van der Waals surface area (Å²) >= 11 is 0. The smallest absolute Gasteiger partial charge is 0.179 e. The summed E-state index contributed by atoms with van der Waals surface area (Å²) in [4.78, 5) is 11.0. The number of ketones is 1. The maximum atomic E-state index is 11.0. The third-order valence-electron chi connectivity index (χ3n) is 2.00. The van der Waals surface area contributed by atoms with E-state index in [-0.39, 0.29) is 12.4 Å². The van der Waals surface area contributed by atoms with E-state index in [1.807, 2.05) is 17.6 Å². The van der Waals surface area contributed by atoms with Crippen LogP contribution in [-0.4, -0.2) is 17.5 Å². The van der Waals surface area contributed by atoms with Crippen molar-refractivity contribution in [3.05, 3.63) is 29.6 Å². The van der Waals surface area contributed by atoms with Gasteiger partial charge in [0, 0.05) is 13.0 Å². The topological polar surface area (TPSA) is 41.2 Å². The summed E-state index contributed by atoms with van der Waals surface area (Å²) in [6.07, 6.45) is 1.77. The Morgan fingerprint density at radius 2 is 2.23 bits per heavy atom. The Morgan fingerprint density at radius 3 is 2.77 bits per heavy atom. The number of carbonyl (C=O) groups is 1. The van der Waals surface area contributed by atoms with Crippen LogP contribution in [-0.2, 0) is 6.54 Å². The third-order valence-corrected chi connectivity index (χ3v) is 2.00. The monoisotopic (exact) mass is 180 g/mol. The highest BCUT2D eigenvalue weighted by molar-refractivity contribution is 5.93. The molecule has 1 aromatic rings. The number of aliphatic hydroxyl groups excluding tert-OH is 1. The molecule has 0 aliphatic rings. The molecule has 0 saturated heterocycles. The van der Waals surface area contributed by atoms with Crippen molar-refractivity contribution in [2.24, 2.45) is 0 Å². The van der Waals surface area contributed by atoms with Crippen molar-refractivity contribution in [3.63, 3.8) is 0 Å². The molecule has 0 amide bonds. The lowest BCUT2D eigenvalue weighted by molar-refractivity contribution is -0.704. The highest BCUT2D eigenvalue weighted by Crippen LogP contribution is 1.98. The fourth-order valence-corrected chi connectivity index (χ4v) is 1.18. The van der Waals surface area contributed by atoms with Gasteiger partial charge in [-0.05, 0) is 13.0 Å². The van der Waals surface area contributed by atoms with Crippen molar-refractivity contribution in [2.75, 3.05) is 6.61 Å². The number of hydrogen-bond donors (Lipinski definition) is 1. The number of Topliss-reactive ketones (excluding diaryl/α,β-unsaturated/α-hetero) is 1. The minimum Gasteiger partial charge on any atom is -0.390 e. The minimum absolute atomic E-state index is 0.0479. The van der Waals surface area contributed by atoms with Gasteiger partial charge < -0.3 is 5.11 Å². The van der Waals surface area contributed by atoms with E-state index in [1.54, 1.807) is 12.3 Å². The standard InChI is InChI=1S/C10H14NO2/c1-8-3-4-10(9(2)13)7-11(8)5-6-12/h3-4,7,12H,5-6H2,1-2H3/q+1. The zero-order valence-electron chi connectivity index (χ0n) is 7.95. The average molecular weight is 180 g/mol. The molecule has 3 heteroatoms. The molecule has 70 valence electrons. The molecule has 1 rings (SSSR count). The number of aliphatic hydroxyl groups is 1. The van der Waals surface area contributed by atoms with Gasteiger partial charge >= 0.3 is 0 Å². The van der Waals surface area contributed by atoms with Crippen LogP contribution in [0.1, 0.15) is 23.0 Å². The van der Waals surface area contributed by atoms with Gasteiger partial charge in [-0.25, -0.2) is 0 Å². The predicted molar refractivity (Wildman–Crippen MR) is 48.5 cm³/mol. The summed E-state index contributed by atoms with van der Waals surface area (Å²) in [5.74, 6) is 0.0479. The molecule has 0 radical (unpaired) electrons. The molecule has 1 heterocycles. The van der Waals surface area contributed by atoms with Gasteiger partial charge in [-0.1, -0.05) is 0 Å². The molecule has 0 aliphatic carbocycles. The van der Waals surface area contributed by atoms with E-state index in [0.29, 0.717) is 12.1 Å². The van der Waals surface area contributed by atoms with E-state index in [9.17, 15) is 4.79 Å². The van der Waals surface area contributed by atoms with Crippen molar-refractivity contribution in [1.29, 1.82) is 0 Å². The van der Waals surface area contributed by atoms with E-state index >= 15 is 0 Å². The van der Waals surface area contributed by atoms with Crippen LogP contribution in [0.2, 0.25) is 0 Å². The third kappa shape index (κ3) is 2.36. The molecule has 1 aromatic heterocycles. The highest BCUT2D eigenvalue weighted by Gasteiger charge is 2.09. The van der Waals surface area contributed by atoms with Gasteiger partial charge in [0.1, 0.15) is 6.61 Å². The summed E-state index contributed by atoms with van der Waals surface area (Å²) in [7, 11) is 0. The Balaban J connectivity index is 3.03. The lowest BCUT2D eigenvalue weighted by atomic mass is 10.2. The number of pyridine rings is 1. The first-order chi connectivity index (χ1) is 6.15. The van der Waals surface area contributed by atoms with Crippen molar-refractivity contribution in [3.8, 4) is 0 Å². The van der Waals surface area contributed by atoms with Gasteiger partial charge in [-0.2, -0.15) is 4.57 Å². The first-order valence-corrected chi connectivity index (χ1v) is 4.27. The SMILES string of the molecule is CC(=O)c1ccc(C)[n+](CCO)c1. The molecule has 3 nitrogen and oxygen atoms in total. The summed E-state index contributed by atoms with van der Waals surface area (Å²) in [6.45, 7) is 4.10. The normalized spacial score (nSPS) is 10.1. The van der Waals surface area contributed by atoms with Crippen LogP contribution in [0.3, 0.4) is 0 Å². The lowest BCUT2D eigenvalue weighted by Crippen LogP contribution is -2.39. The summed E-state index contributed by atoms with van der Waals surface area (Å²) in [6, 6.07) is 3.68. The zero-order valence-corrected chi connectivity index (χ0v) is 7.95. The molecular weight excluding hydrogens is 166 g/mol. The molecule has 0 saturated carbocycles. The van der Waals surface area contributed by atoms with Crippen LogP contribution in [0.25, 0.3) is 0 Å². The summed E-state index contributed by atoms with van der Waals surface area (Å²) < 4.78 is 1.87. The summed E-state index contributed by atoms with van der Waals surface area (Å²) in [5.41, 5.74) is 1.72. The Hall–Kier alpha value is -1.22. The average Bonchev–Trinajstić information content (AvgIpc) is 2.08. The zero-order chi connectivity index (χ0) is 9.84. The molecule has 13 heavy (non-hydrogen) atoms. The maximum absolute atomic E-state index is 11.0. The largest absolute Gasteiger partial charge is 0.390 e. The molecule has 0 atom stereocenters. The number of aryl methyl sites for hydroxylation is 1. The Kier molecular flexibility index (Phi) is 3.14. The van der Waals surface area contributed by atoms with E-state index in [2.05, 4.69) is 0 Å². The van der Waals surface area contributed by atoms with Crippen molar-refractivity contribution < 1.29 is 14.5 Å². The number of carbonyl (C=O) groups excluding carboxylic acids is 1. The molecule has 0 unspecified atom stereocenters. The van der Waals surface area contributed by atoms with Crippen LogP contribution in [0.5, 0.6) is 0 Å². The van der Waals surface area contributed by atoms with Crippen LogP contribution in [0.15, 0.2) is 18.3 Å². The van der Waals surface area contributed by atoms with Gasteiger partial charge in [0.15, 0.2) is 24.2 Å². The van der Waals surface area contributed by atoms with Crippen molar-refractivity contribution in [1.82, 2.24) is 0 Å². The molecule has 1 N–H and O–H groups in total. The van der Waals surface area contributed by atoms with Crippen LogP contribution in [0.4, 0.5) is 0 Å². The molecule has 0 aromatic carbocycles.